The Labute approximate surface area is 278 Å². The van der Waals surface area contributed by atoms with Crippen LogP contribution in [0.25, 0.3) is 22.6 Å². The van der Waals surface area contributed by atoms with Gasteiger partial charge in [0, 0.05) is 25.3 Å². The van der Waals surface area contributed by atoms with Gasteiger partial charge in [0.2, 0.25) is 5.82 Å². The molecule has 1 unspecified atom stereocenters. The van der Waals surface area contributed by atoms with Gasteiger partial charge in [-0.25, -0.2) is 9.97 Å². The van der Waals surface area contributed by atoms with Gasteiger partial charge >= 0.3 is 6.18 Å². The molecule has 8 rings (SSSR count). The number of nitrogens with zero attached hydrogens (tertiary/aromatic N) is 7. The Hall–Kier alpha value is -4.27. The summed E-state index contributed by atoms with van der Waals surface area (Å²) in [6, 6.07) is 11.3. The van der Waals surface area contributed by atoms with Crippen molar-refractivity contribution in [2.75, 3.05) is 19.7 Å². The van der Waals surface area contributed by atoms with E-state index in [0.717, 1.165) is 68.0 Å². The number of likely N-dealkylation sites (tertiary alicyclic amines) is 1. The van der Waals surface area contributed by atoms with Crippen LogP contribution >= 0.6 is 11.6 Å². The smallest absolute Gasteiger partial charge is 0.443 e. The molecular weight excluding hydrogens is 649 g/mol. The predicted molar refractivity (Wildman–Crippen MR) is 168 cm³/mol. The number of aromatic amines is 1. The van der Waals surface area contributed by atoms with E-state index in [4.69, 9.17) is 30.8 Å². The molecular formula is C33H32ClF3N8O3. The molecule has 0 spiro atoms. The summed E-state index contributed by atoms with van der Waals surface area (Å²) in [6.07, 6.45) is 2.44. The second-order valence-electron chi connectivity index (χ2n) is 12.6. The molecule has 2 fully saturated rings. The first-order valence-corrected chi connectivity index (χ1v) is 16.3. The second kappa shape index (κ2) is 12.0. The van der Waals surface area contributed by atoms with Crippen LogP contribution in [-0.2, 0) is 29.8 Å². The molecule has 0 aliphatic carbocycles. The third-order valence-corrected chi connectivity index (χ3v) is 9.53. The van der Waals surface area contributed by atoms with Gasteiger partial charge in [-0.3, -0.25) is 20.0 Å². The van der Waals surface area contributed by atoms with Crippen LogP contribution in [0.1, 0.15) is 61.4 Å². The average molecular weight is 681 g/mol. The molecule has 11 nitrogen and oxygen atoms in total. The first-order valence-electron chi connectivity index (χ1n) is 15.9. The maximum atomic E-state index is 13.1. The fraction of sp³-hybridized carbons (Fsp3) is 0.424. The minimum atomic E-state index is -4.63. The first kappa shape index (κ1) is 31.0. The monoisotopic (exact) mass is 680 g/mol. The standard InChI is InChI=1S/C33H32ClF3N8O3/c1-32(27-8-7-20(34)15-39-27)47-26-6-2-5-22(29(26)48-32)19-9-11-44(12-10-19)18-28-40-23-14-24(30-41-31(43-42-30)33(35,36)37)38-16-25(23)45(28)17-21-4-3-13-46-21/h2,5-8,14-16,19,21H,3-4,9-13,17-18H2,1H3,(H,41,42,43)/t21-,32?/m0/s1. The van der Waals surface area contributed by atoms with Crippen LogP contribution in [0.15, 0.2) is 48.8 Å². The Morgan fingerprint density at radius 1 is 1.04 bits per heavy atom. The molecule has 7 heterocycles. The quantitative estimate of drug-likeness (QED) is 0.206. The summed E-state index contributed by atoms with van der Waals surface area (Å²) < 4.78 is 60.2. The molecule has 48 heavy (non-hydrogen) atoms. The van der Waals surface area contributed by atoms with Gasteiger partial charge in [-0.05, 0) is 69.0 Å². The summed E-state index contributed by atoms with van der Waals surface area (Å²) in [7, 11) is 0. The summed E-state index contributed by atoms with van der Waals surface area (Å²) in [5, 5.41) is 6.24. The number of fused-ring (bicyclic) bond motifs is 2. The zero-order chi connectivity index (χ0) is 33.0. The van der Waals surface area contributed by atoms with Gasteiger partial charge in [0.25, 0.3) is 5.79 Å². The van der Waals surface area contributed by atoms with Gasteiger partial charge in [-0.2, -0.15) is 18.3 Å². The molecule has 3 aliphatic rings. The number of nitrogens with one attached hydrogen (secondary N) is 1. The molecule has 0 saturated carbocycles. The number of ether oxygens (including phenoxy) is 3. The molecule has 0 bridgehead atoms. The Balaban J connectivity index is 1.00. The number of hydrogen-bond donors (Lipinski definition) is 1. The van der Waals surface area contributed by atoms with Crippen LogP contribution in [0.2, 0.25) is 5.02 Å². The number of para-hydroxylation sites is 1. The SMILES string of the molecule is CC1(c2ccc(Cl)cn2)Oc2cccc(C3CCN(Cc4nc5cc(-c6n[nH]c(C(F)(F)F)n6)ncc5n4C[C@@H]4CCCO4)CC3)c2O1. The number of halogens is 4. The molecule has 4 aromatic heterocycles. The minimum Gasteiger partial charge on any atom is -0.443 e. The number of hydrogen-bond acceptors (Lipinski definition) is 9. The highest BCUT2D eigenvalue weighted by atomic mass is 35.5. The summed E-state index contributed by atoms with van der Waals surface area (Å²) in [6.45, 7) is 5.50. The zero-order valence-electron chi connectivity index (χ0n) is 26.0. The van der Waals surface area contributed by atoms with E-state index < -0.39 is 17.8 Å². The summed E-state index contributed by atoms with van der Waals surface area (Å²) >= 11 is 6.05. The lowest BCUT2D eigenvalue weighted by molar-refractivity contribution is -0.144. The van der Waals surface area contributed by atoms with E-state index in [9.17, 15) is 13.2 Å². The lowest BCUT2D eigenvalue weighted by Crippen LogP contribution is -2.34. The topological polar surface area (TPSA) is 116 Å². The second-order valence-corrected chi connectivity index (χ2v) is 13.0. The van der Waals surface area contributed by atoms with Gasteiger partial charge in [0.05, 0.1) is 41.4 Å². The lowest BCUT2D eigenvalue weighted by Gasteiger charge is -2.32. The molecule has 0 amide bonds. The van der Waals surface area contributed by atoms with Crippen molar-refractivity contribution in [1.29, 1.82) is 0 Å². The zero-order valence-corrected chi connectivity index (χ0v) is 26.8. The number of imidazole rings is 1. The third-order valence-electron chi connectivity index (χ3n) is 9.30. The first-order chi connectivity index (χ1) is 23.1. The molecule has 15 heteroatoms. The highest BCUT2D eigenvalue weighted by Gasteiger charge is 2.42. The van der Waals surface area contributed by atoms with E-state index in [2.05, 4.69) is 35.6 Å². The van der Waals surface area contributed by atoms with Crippen molar-refractivity contribution in [2.45, 2.75) is 69.7 Å². The van der Waals surface area contributed by atoms with Crippen molar-refractivity contribution in [3.8, 4) is 23.0 Å². The Bertz CT molecular complexity index is 1950. The maximum Gasteiger partial charge on any atom is 0.451 e. The molecule has 2 saturated heterocycles. The lowest BCUT2D eigenvalue weighted by atomic mass is 9.88. The van der Waals surface area contributed by atoms with E-state index in [0.29, 0.717) is 35.1 Å². The van der Waals surface area contributed by atoms with E-state index in [1.807, 2.05) is 30.2 Å². The minimum absolute atomic E-state index is 0.0602. The third kappa shape index (κ3) is 5.86. The fourth-order valence-corrected chi connectivity index (χ4v) is 6.95. The van der Waals surface area contributed by atoms with Crippen molar-refractivity contribution >= 4 is 22.6 Å². The molecule has 250 valence electrons. The molecule has 2 atom stereocenters. The summed E-state index contributed by atoms with van der Waals surface area (Å²) in [4.78, 5) is 19.8. The molecule has 1 N–H and O–H groups in total. The summed E-state index contributed by atoms with van der Waals surface area (Å²) in [5.74, 6) is 0.241. The van der Waals surface area contributed by atoms with Crippen LogP contribution in [-0.4, -0.2) is 65.4 Å². The van der Waals surface area contributed by atoms with Crippen molar-refractivity contribution in [2.24, 2.45) is 0 Å². The van der Waals surface area contributed by atoms with Gasteiger partial charge in [-0.15, -0.1) is 0 Å². The molecule has 3 aliphatic heterocycles. The number of rotatable bonds is 7. The number of benzene rings is 1. The largest absolute Gasteiger partial charge is 0.451 e. The van der Waals surface area contributed by atoms with Gasteiger partial charge in [0.1, 0.15) is 17.2 Å². The molecule has 1 aromatic carbocycles. The molecule has 0 radical (unpaired) electrons. The molecule has 5 aromatic rings. The highest BCUT2D eigenvalue weighted by molar-refractivity contribution is 6.30. The average Bonchev–Trinajstić information content (AvgIpc) is 3.88. The number of alkyl halides is 3. The fourth-order valence-electron chi connectivity index (χ4n) is 6.84. The number of aromatic nitrogens is 7. The number of pyridine rings is 2. The van der Waals surface area contributed by atoms with Crippen LogP contribution in [0.3, 0.4) is 0 Å². The van der Waals surface area contributed by atoms with Gasteiger partial charge < -0.3 is 18.8 Å². The van der Waals surface area contributed by atoms with Gasteiger partial charge in [0.15, 0.2) is 17.3 Å². The van der Waals surface area contributed by atoms with E-state index >= 15 is 0 Å². The number of piperidine rings is 1. The Morgan fingerprint density at radius 3 is 2.62 bits per heavy atom. The van der Waals surface area contributed by atoms with Crippen LogP contribution in [0.5, 0.6) is 11.5 Å². The van der Waals surface area contributed by atoms with Crippen molar-refractivity contribution in [3.63, 3.8) is 0 Å². The van der Waals surface area contributed by atoms with Crippen molar-refractivity contribution < 1.29 is 27.4 Å². The Morgan fingerprint density at radius 2 is 1.90 bits per heavy atom. The maximum absolute atomic E-state index is 13.1. The van der Waals surface area contributed by atoms with Crippen LogP contribution in [0.4, 0.5) is 13.2 Å². The van der Waals surface area contributed by atoms with Crippen molar-refractivity contribution in [3.05, 3.63) is 76.7 Å². The van der Waals surface area contributed by atoms with E-state index in [-0.39, 0.29) is 23.5 Å². The normalized spacial score (nSPS) is 21.8. The van der Waals surface area contributed by atoms with Crippen LogP contribution < -0.4 is 9.47 Å². The highest BCUT2D eigenvalue weighted by Crippen LogP contribution is 2.49. The predicted octanol–water partition coefficient (Wildman–Crippen LogP) is 6.49. The Kier molecular flexibility index (Phi) is 7.76. The van der Waals surface area contributed by atoms with Crippen LogP contribution in [0, 0.1) is 0 Å². The van der Waals surface area contributed by atoms with Crippen molar-refractivity contribution in [1.82, 2.24) is 39.6 Å². The number of H-pyrrole nitrogens is 1. The summed E-state index contributed by atoms with van der Waals surface area (Å²) in [5.41, 5.74) is 3.39. The van der Waals surface area contributed by atoms with Gasteiger partial charge in [-0.1, -0.05) is 23.7 Å². The van der Waals surface area contributed by atoms with E-state index in [1.165, 1.54) is 0 Å². The van der Waals surface area contributed by atoms with E-state index in [1.54, 1.807) is 24.5 Å².